The van der Waals surface area contributed by atoms with Gasteiger partial charge < -0.3 is 10.6 Å². The minimum absolute atomic E-state index is 0.318. The molecule has 0 aliphatic heterocycles. The molecule has 0 aliphatic carbocycles. The molecule has 7 heteroatoms. The molecule has 5 nitrogen and oxygen atoms in total. The molecule has 0 saturated carbocycles. The molecular weight excluding hydrogens is 306 g/mol. The minimum Gasteiger partial charge on any atom is -0.356 e. The normalized spacial score (nSPS) is 14.8. The first-order chi connectivity index (χ1) is 9.67. The molecule has 1 rings (SSSR count). The van der Waals surface area contributed by atoms with E-state index in [-0.39, 0.29) is 0 Å². The molecule has 2 N–H and O–H groups in total. The predicted octanol–water partition coefficient (Wildman–Crippen LogP) is 1.84. The SMILES string of the molecule is CN=C(NCC(C)c1cccs1)NCC(C)(C)S(C)(=O)=O. The summed E-state index contributed by atoms with van der Waals surface area (Å²) in [5.41, 5.74) is 0. The number of rotatable bonds is 6. The fourth-order valence-electron chi connectivity index (χ4n) is 1.57. The lowest BCUT2D eigenvalue weighted by atomic mass is 10.1. The highest BCUT2D eigenvalue weighted by molar-refractivity contribution is 7.92. The van der Waals surface area contributed by atoms with Crippen LogP contribution in [0.25, 0.3) is 0 Å². The van der Waals surface area contributed by atoms with E-state index in [4.69, 9.17) is 0 Å². The summed E-state index contributed by atoms with van der Waals surface area (Å²) >= 11 is 1.73. The Morgan fingerprint density at radius 1 is 1.43 bits per heavy atom. The summed E-state index contributed by atoms with van der Waals surface area (Å²) in [5.74, 6) is 1.00. The molecule has 0 radical (unpaired) electrons. The number of nitrogens with one attached hydrogen (secondary N) is 2. The molecule has 1 atom stereocenters. The zero-order chi connectivity index (χ0) is 16.1. The van der Waals surface area contributed by atoms with Crippen molar-refractivity contribution in [3.05, 3.63) is 22.4 Å². The smallest absolute Gasteiger partial charge is 0.191 e. The van der Waals surface area contributed by atoms with Gasteiger partial charge in [-0.1, -0.05) is 13.0 Å². The molecule has 1 unspecified atom stereocenters. The molecular formula is C14H25N3O2S2. The van der Waals surface area contributed by atoms with E-state index >= 15 is 0 Å². The van der Waals surface area contributed by atoms with Crippen molar-refractivity contribution in [2.45, 2.75) is 31.4 Å². The molecule has 0 spiro atoms. The van der Waals surface area contributed by atoms with E-state index < -0.39 is 14.6 Å². The standard InChI is InChI=1S/C14H25N3O2S2/c1-11(12-7-6-8-20-12)9-16-13(15-4)17-10-14(2,3)21(5,18)19/h6-8,11H,9-10H2,1-5H3,(H2,15,16,17). The molecule has 1 heterocycles. The number of guanidine groups is 1. The predicted molar refractivity (Wildman–Crippen MR) is 91.0 cm³/mol. The Kier molecular flexibility index (Phi) is 6.22. The summed E-state index contributed by atoms with van der Waals surface area (Å²) in [5, 5.41) is 8.38. The summed E-state index contributed by atoms with van der Waals surface area (Å²) in [6, 6.07) is 4.15. The van der Waals surface area contributed by atoms with Crippen LogP contribution in [-0.2, 0) is 9.84 Å². The molecule has 1 aromatic heterocycles. The zero-order valence-corrected chi connectivity index (χ0v) is 14.9. The topological polar surface area (TPSA) is 70.6 Å². The summed E-state index contributed by atoms with van der Waals surface area (Å²) in [6.07, 6.45) is 1.25. The van der Waals surface area contributed by atoms with Crippen molar-refractivity contribution in [2.24, 2.45) is 4.99 Å². The number of aliphatic imine (C=N–C) groups is 1. The Bertz CT molecular complexity index is 563. The zero-order valence-electron chi connectivity index (χ0n) is 13.3. The Labute approximate surface area is 131 Å². The number of hydrogen-bond acceptors (Lipinski definition) is 4. The summed E-state index contributed by atoms with van der Waals surface area (Å²) < 4.78 is 22.5. The van der Waals surface area contributed by atoms with Crippen molar-refractivity contribution >= 4 is 27.1 Å². The molecule has 0 aliphatic rings. The van der Waals surface area contributed by atoms with E-state index in [1.165, 1.54) is 11.1 Å². The van der Waals surface area contributed by atoms with Gasteiger partial charge in [0.2, 0.25) is 0 Å². The van der Waals surface area contributed by atoms with E-state index in [0.717, 1.165) is 6.54 Å². The van der Waals surface area contributed by atoms with E-state index in [1.54, 1.807) is 32.2 Å². The van der Waals surface area contributed by atoms with Crippen molar-refractivity contribution in [3.63, 3.8) is 0 Å². The average Bonchev–Trinajstić information content (AvgIpc) is 2.91. The van der Waals surface area contributed by atoms with E-state index in [1.807, 2.05) is 6.07 Å². The lowest BCUT2D eigenvalue weighted by Crippen LogP contribution is -2.48. The van der Waals surface area contributed by atoms with Crippen molar-refractivity contribution in [1.82, 2.24) is 10.6 Å². The summed E-state index contributed by atoms with van der Waals surface area (Å²) in [7, 11) is -1.44. The third-order valence-electron chi connectivity index (χ3n) is 3.51. The first-order valence-electron chi connectivity index (χ1n) is 6.85. The van der Waals surface area contributed by atoms with Crippen LogP contribution in [0.4, 0.5) is 0 Å². The van der Waals surface area contributed by atoms with Gasteiger partial charge in [0.1, 0.15) is 0 Å². The first-order valence-corrected chi connectivity index (χ1v) is 9.62. The maximum atomic E-state index is 11.7. The number of nitrogens with zero attached hydrogens (tertiary/aromatic N) is 1. The quantitative estimate of drug-likeness (QED) is 0.616. The van der Waals surface area contributed by atoms with E-state index in [9.17, 15) is 8.42 Å². The number of hydrogen-bond donors (Lipinski definition) is 2. The highest BCUT2D eigenvalue weighted by Crippen LogP contribution is 2.19. The molecule has 1 aromatic rings. The Morgan fingerprint density at radius 3 is 2.57 bits per heavy atom. The van der Waals surface area contributed by atoms with E-state index in [0.29, 0.717) is 18.4 Å². The van der Waals surface area contributed by atoms with Crippen LogP contribution in [0.15, 0.2) is 22.5 Å². The van der Waals surface area contributed by atoms with Gasteiger partial charge in [-0.2, -0.15) is 0 Å². The second-order valence-electron chi connectivity index (χ2n) is 5.75. The third kappa shape index (κ3) is 5.32. The Morgan fingerprint density at radius 2 is 2.10 bits per heavy atom. The van der Waals surface area contributed by atoms with Crippen molar-refractivity contribution in [1.29, 1.82) is 0 Å². The van der Waals surface area contributed by atoms with Gasteiger partial charge >= 0.3 is 0 Å². The second-order valence-corrected chi connectivity index (χ2v) is 9.38. The van der Waals surface area contributed by atoms with Crippen LogP contribution in [-0.4, -0.2) is 45.5 Å². The molecule has 0 aromatic carbocycles. The van der Waals surface area contributed by atoms with Crippen LogP contribution in [0, 0.1) is 0 Å². The van der Waals surface area contributed by atoms with Gasteiger partial charge in [-0.05, 0) is 25.3 Å². The van der Waals surface area contributed by atoms with Gasteiger partial charge in [0, 0.05) is 37.2 Å². The van der Waals surface area contributed by atoms with Crippen LogP contribution in [0.1, 0.15) is 31.6 Å². The highest BCUT2D eigenvalue weighted by Gasteiger charge is 2.30. The maximum Gasteiger partial charge on any atom is 0.191 e. The van der Waals surface area contributed by atoms with Gasteiger partial charge in [0.25, 0.3) is 0 Å². The van der Waals surface area contributed by atoms with Crippen molar-refractivity contribution < 1.29 is 8.42 Å². The molecule has 0 saturated heterocycles. The summed E-state index contributed by atoms with van der Waals surface area (Å²) in [6.45, 7) is 6.62. The average molecular weight is 332 g/mol. The first kappa shape index (κ1) is 18.0. The maximum absolute atomic E-state index is 11.7. The molecule has 0 amide bonds. The molecule has 0 fully saturated rings. The van der Waals surface area contributed by atoms with Gasteiger partial charge in [-0.15, -0.1) is 11.3 Å². The van der Waals surface area contributed by atoms with Crippen LogP contribution in [0.5, 0.6) is 0 Å². The molecule has 21 heavy (non-hydrogen) atoms. The lowest BCUT2D eigenvalue weighted by Gasteiger charge is -2.24. The Hall–Kier alpha value is -1.08. The van der Waals surface area contributed by atoms with Crippen molar-refractivity contribution in [3.8, 4) is 0 Å². The fourth-order valence-corrected chi connectivity index (χ4v) is 2.69. The van der Waals surface area contributed by atoms with Crippen LogP contribution >= 0.6 is 11.3 Å². The Balaban J connectivity index is 2.50. The van der Waals surface area contributed by atoms with Gasteiger partial charge in [-0.25, -0.2) is 8.42 Å². The van der Waals surface area contributed by atoms with Crippen LogP contribution in [0.2, 0.25) is 0 Å². The van der Waals surface area contributed by atoms with Crippen LogP contribution < -0.4 is 10.6 Å². The van der Waals surface area contributed by atoms with Gasteiger partial charge in [0.05, 0.1) is 4.75 Å². The minimum atomic E-state index is -3.12. The monoisotopic (exact) mass is 331 g/mol. The lowest BCUT2D eigenvalue weighted by molar-refractivity contribution is 0.544. The number of sulfone groups is 1. The largest absolute Gasteiger partial charge is 0.356 e. The highest BCUT2D eigenvalue weighted by atomic mass is 32.2. The third-order valence-corrected chi connectivity index (χ3v) is 6.77. The van der Waals surface area contributed by atoms with Gasteiger partial charge in [0.15, 0.2) is 15.8 Å². The van der Waals surface area contributed by atoms with Crippen LogP contribution in [0.3, 0.4) is 0 Å². The number of thiophene rings is 1. The van der Waals surface area contributed by atoms with Crippen molar-refractivity contribution in [2.75, 3.05) is 26.4 Å². The van der Waals surface area contributed by atoms with Gasteiger partial charge in [-0.3, -0.25) is 4.99 Å². The fraction of sp³-hybridized carbons (Fsp3) is 0.643. The molecule has 0 bridgehead atoms. The summed E-state index contributed by atoms with van der Waals surface area (Å²) in [4.78, 5) is 5.44. The van der Waals surface area contributed by atoms with E-state index in [2.05, 4.69) is 34.0 Å². The molecule has 120 valence electrons. The second kappa shape index (κ2) is 7.26.